The maximum atomic E-state index is 2.23. The van der Waals surface area contributed by atoms with Gasteiger partial charge >= 0.3 is 0 Å². The van der Waals surface area contributed by atoms with Crippen LogP contribution in [0.25, 0.3) is 0 Å². The maximum Gasteiger partial charge on any atom is 0.172 e. The van der Waals surface area contributed by atoms with E-state index in [1.165, 1.54) is 11.1 Å². The number of hydrogen-bond acceptors (Lipinski definition) is 0. The van der Waals surface area contributed by atoms with Crippen LogP contribution in [0, 0.1) is 6.92 Å². The summed E-state index contributed by atoms with van der Waals surface area (Å²) in [7, 11) is 0. The molecule has 0 saturated carbocycles. The number of aromatic nitrogens is 1. The van der Waals surface area contributed by atoms with Crippen LogP contribution in [-0.4, -0.2) is 0 Å². The fourth-order valence-corrected chi connectivity index (χ4v) is 1.23. The lowest BCUT2D eigenvalue weighted by molar-refractivity contribution is -0.694. The highest BCUT2D eigenvalue weighted by Crippen LogP contribution is 2.03. The van der Waals surface area contributed by atoms with Gasteiger partial charge in [-0.25, -0.2) is 4.57 Å². The standard InChI is InChI=1S/C10H16N/c1-4-10-8-11(5-2)7-6-9(10)3/h6-8H,4-5H2,1-3H3/q+1. The molecule has 1 aromatic rings. The van der Waals surface area contributed by atoms with Crippen molar-refractivity contribution in [2.45, 2.75) is 33.7 Å². The molecule has 1 aromatic heterocycles. The van der Waals surface area contributed by atoms with Crippen molar-refractivity contribution < 1.29 is 4.57 Å². The van der Waals surface area contributed by atoms with E-state index in [2.05, 4.69) is 43.8 Å². The maximum absolute atomic E-state index is 2.23. The summed E-state index contributed by atoms with van der Waals surface area (Å²) >= 11 is 0. The fourth-order valence-electron chi connectivity index (χ4n) is 1.23. The molecule has 0 saturated heterocycles. The summed E-state index contributed by atoms with van der Waals surface area (Å²) in [4.78, 5) is 0. The van der Waals surface area contributed by atoms with Crippen molar-refractivity contribution in [2.75, 3.05) is 0 Å². The molecular weight excluding hydrogens is 134 g/mol. The zero-order valence-electron chi connectivity index (χ0n) is 7.59. The quantitative estimate of drug-likeness (QED) is 0.567. The van der Waals surface area contributed by atoms with E-state index in [9.17, 15) is 0 Å². The van der Waals surface area contributed by atoms with Crippen molar-refractivity contribution in [2.24, 2.45) is 0 Å². The van der Waals surface area contributed by atoms with Gasteiger partial charge in [-0.1, -0.05) is 6.92 Å². The smallest absolute Gasteiger partial charge is 0.172 e. The van der Waals surface area contributed by atoms with Crippen LogP contribution < -0.4 is 4.57 Å². The zero-order valence-corrected chi connectivity index (χ0v) is 7.59. The van der Waals surface area contributed by atoms with Crippen molar-refractivity contribution in [1.29, 1.82) is 0 Å². The lowest BCUT2D eigenvalue weighted by Crippen LogP contribution is -2.31. The Balaban J connectivity index is 3.02. The minimum absolute atomic E-state index is 1.06. The molecule has 1 rings (SSSR count). The summed E-state index contributed by atoms with van der Waals surface area (Å²) in [6.45, 7) is 7.59. The van der Waals surface area contributed by atoms with Gasteiger partial charge in [0, 0.05) is 11.6 Å². The number of nitrogens with zero attached hydrogens (tertiary/aromatic N) is 1. The van der Waals surface area contributed by atoms with E-state index in [1.807, 2.05) is 0 Å². The lowest BCUT2D eigenvalue weighted by atomic mass is 10.1. The van der Waals surface area contributed by atoms with Gasteiger partial charge in [0.1, 0.15) is 6.54 Å². The predicted octanol–water partition coefficient (Wildman–Crippen LogP) is 1.86. The summed E-state index contributed by atoms with van der Waals surface area (Å²) < 4.78 is 2.21. The van der Waals surface area contributed by atoms with Crippen LogP contribution in [-0.2, 0) is 13.0 Å². The number of rotatable bonds is 2. The molecule has 60 valence electrons. The van der Waals surface area contributed by atoms with Crippen LogP contribution in [0.3, 0.4) is 0 Å². The Hall–Kier alpha value is -0.850. The van der Waals surface area contributed by atoms with Crippen molar-refractivity contribution in [3.05, 3.63) is 29.6 Å². The average Bonchev–Trinajstić information content (AvgIpc) is 2.05. The number of aryl methyl sites for hydroxylation is 3. The predicted molar refractivity (Wildman–Crippen MR) is 46.4 cm³/mol. The third kappa shape index (κ3) is 1.79. The van der Waals surface area contributed by atoms with E-state index in [1.54, 1.807) is 0 Å². The Morgan fingerprint density at radius 1 is 1.36 bits per heavy atom. The van der Waals surface area contributed by atoms with Gasteiger partial charge in [-0.3, -0.25) is 0 Å². The Kier molecular flexibility index (Phi) is 2.64. The summed E-state index contributed by atoms with van der Waals surface area (Å²) in [5.41, 5.74) is 2.85. The highest BCUT2D eigenvalue weighted by Gasteiger charge is 2.01. The Morgan fingerprint density at radius 3 is 2.64 bits per heavy atom. The van der Waals surface area contributed by atoms with Crippen molar-refractivity contribution in [3.8, 4) is 0 Å². The summed E-state index contributed by atoms with van der Waals surface area (Å²) in [5.74, 6) is 0. The molecule has 0 aliphatic heterocycles. The Morgan fingerprint density at radius 2 is 2.09 bits per heavy atom. The zero-order chi connectivity index (χ0) is 8.27. The first kappa shape index (κ1) is 8.25. The van der Waals surface area contributed by atoms with Crippen LogP contribution in [0.15, 0.2) is 18.5 Å². The van der Waals surface area contributed by atoms with E-state index in [-0.39, 0.29) is 0 Å². The largest absolute Gasteiger partial charge is 0.205 e. The Labute approximate surface area is 68.7 Å². The molecule has 0 atom stereocenters. The summed E-state index contributed by atoms with van der Waals surface area (Å²) in [6.07, 6.45) is 5.50. The minimum Gasteiger partial charge on any atom is -0.205 e. The molecule has 0 bridgehead atoms. The van der Waals surface area contributed by atoms with Crippen LogP contribution in [0.4, 0.5) is 0 Å². The van der Waals surface area contributed by atoms with Crippen molar-refractivity contribution >= 4 is 0 Å². The van der Waals surface area contributed by atoms with Gasteiger partial charge in [0.25, 0.3) is 0 Å². The van der Waals surface area contributed by atoms with Crippen molar-refractivity contribution in [3.63, 3.8) is 0 Å². The van der Waals surface area contributed by atoms with Gasteiger partial charge in [-0.05, 0) is 25.8 Å². The molecular formula is C10H16N+. The third-order valence-electron chi connectivity index (χ3n) is 2.09. The third-order valence-corrected chi connectivity index (χ3v) is 2.09. The van der Waals surface area contributed by atoms with Gasteiger partial charge in [-0.2, -0.15) is 0 Å². The molecule has 0 amide bonds. The van der Waals surface area contributed by atoms with Gasteiger partial charge in [0.15, 0.2) is 12.4 Å². The molecule has 0 aliphatic carbocycles. The van der Waals surface area contributed by atoms with Crippen LogP contribution in [0.2, 0.25) is 0 Å². The molecule has 11 heavy (non-hydrogen) atoms. The van der Waals surface area contributed by atoms with E-state index in [4.69, 9.17) is 0 Å². The lowest BCUT2D eigenvalue weighted by Gasteiger charge is -1.99. The second-order valence-corrected chi connectivity index (χ2v) is 2.84. The average molecular weight is 150 g/mol. The van der Waals surface area contributed by atoms with Gasteiger partial charge in [-0.15, -0.1) is 0 Å². The van der Waals surface area contributed by atoms with Gasteiger partial charge in [0.05, 0.1) is 0 Å². The SMILES string of the molecule is CCc1c[n+](CC)ccc1C. The molecule has 0 aliphatic rings. The normalized spacial score (nSPS) is 10.1. The second-order valence-electron chi connectivity index (χ2n) is 2.84. The number of pyridine rings is 1. The first-order valence-electron chi connectivity index (χ1n) is 4.26. The summed E-state index contributed by atoms with van der Waals surface area (Å²) in [6, 6.07) is 2.18. The highest BCUT2D eigenvalue weighted by atomic mass is 14.9. The highest BCUT2D eigenvalue weighted by molar-refractivity contribution is 5.18. The Bertz CT molecular complexity index is 241. The molecule has 0 spiro atoms. The van der Waals surface area contributed by atoms with Gasteiger partial charge in [0.2, 0.25) is 0 Å². The van der Waals surface area contributed by atoms with Crippen LogP contribution in [0.1, 0.15) is 25.0 Å². The van der Waals surface area contributed by atoms with Crippen molar-refractivity contribution in [1.82, 2.24) is 0 Å². The van der Waals surface area contributed by atoms with E-state index in [0.29, 0.717) is 0 Å². The molecule has 0 N–H and O–H groups in total. The molecule has 1 heterocycles. The first-order chi connectivity index (χ1) is 5.27. The van der Waals surface area contributed by atoms with E-state index < -0.39 is 0 Å². The number of hydrogen-bond donors (Lipinski definition) is 0. The van der Waals surface area contributed by atoms with E-state index in [0.717, 1.165) is 13.0 Å². The molecule has 0 fully saturated rings. The minimum atomic E-state index is 1.06. The van der Waals surface area contributed by atoms with Gasteiger partial charge < -0.3 is 0 Å². The first-order valence-corrected chi connectivity index (χ1v) is 4.26. The molecule has 0 unspecified atom stereocenters. The fraction of sp³-hybridized carbons (Fsp3) is 0.500. The van der Waals surface area contributed by atoms with E-state index >= 15 is 0 Å². The monoisotopic (exact) mass is 150 g/mol. The van der Waals surface area contributed by atoms with Crippen LogP contribution in [0.5, 0.6) is 0 Å². The molecule has 1 nitrogen and oxygen atoms in total. The topological polar surface area (TPSA) is 3.88 Å². The summed E-state index contributed by atoms with van der Waals surface area (Å²) in [5, 5.41) is 0. The molecule has 0 aromatic carbocycles. The molecule has 0 radical (unpaired) electrons. The van der Waals surface area contributed by atoms with Crippen LogP contribution >= 0.6 is 0 Å². The second kappa shape index (κ2) is 3.51. The molecule has 1 heteroatoms.